The Morgan fingerprint density at radius 3 is 1.28 bits per heavy atom. The molecular formula is C67H43N7. The normalized spacial score (nSPS) is 11.5. The molecule has 0 bridgehead atoms. The summed E-state index contributed by atoms with van der Waals surface area (Å²) < 4.78 is 4.72. The molecule has 4 heterocycles. The van der Waals surface area contributed by atoms with Crippen LogP contribution in [0.1, 0.15) is 0 Å². The fourth-order valence-electron chi connectivity index (χ4n) is 10.5. The zero-order valence-electron chi connectivity index (χ0n) is 40.0. The number of nitrogens with zero attached hydrogens (tertiary/aromatic N) is 7. The molecule has 7 heteroatoms. The van der Waals surface area contributed by atoms with Crippen molar-refractivity contribution in [1.82, 2.24) is 34.1 Å². The van der Waals surface area contributed by atoms with E-state index in [9.17, 15) is 0 Å². The number of aromatic nitrogens is 7. The molecule has 0 spiro atoms. The second-order valence-electron chi connectivity index (χ2n) is 18.5. The predicted molar refractivity (Wildman–Crippen MR) is 302 cm³/mol. The molecule has 0 saturated carbocycles. The molecule has 0 N–H and O–H groups in total. The van der Waals surface area contributed by atoms with Gasteiger partial charge in [0.1, 0.15) is 0 Å². The van der Waals surface area contributed by atoms with Gasteiger partial charge in [-0.15, -0.1) is 0 Å². The van der Waals surface area contributed by atoms with E-state index in [2.05, 4.69) is 197 Å². The molecule has 14 aromatic rings. The Kier molecular flexibility index (Phi) is 10.4. The lowest BCUT2D eigenvalue weighted by Gasteiger charge is -2.12. The lowest BCUT2D eigenvalue weighted by Crippen LogP contribution is -2.00. The number of rotatable bonds is 9. The molecule has 7 nitrogen and oxygen atoms in total. The summed E-state index contributed by atoms with van der Waals surface area (Å²) in [6, 6.07) is 91.1. The molecule has 10 aromatic carbocycles. The number of hydrogen-bond donors (Lipinski definition) is 0. The summed E-state index contributed by atoms with van der Waals surface area (Å²) in [7, 11) is 0. The van der Waals surface area contributed by atoms with E-state index in [1.807, 2.05) is 72.8 Å². The van der Waals surface area contributed by atoms with Gasteiger partial charge in [-0.25, -0.2) is 24.9 Å². The Labute approximate surface area is 427 Å². The second kappa shape index (κ2) is 17.9. The number of para-hydroxylation sites is 2. The van der Waals surface area contributed by atoms with E-state index in [4.69, 9.17) is 24.9 Å². The third-order valence-corrected chi connectivity index (χ3v) is 14.0. The molecule has 0 saturated heterocycles. The van der Waals surface area contributed by atoms with Crippen molar-refractivity contribution >= 4 is 43.6 Å². The molecule has 0 fully saturated rings. The van der Waals surface area contributed by atoms with Gasteiger partial charge in [0.25, 0.3) is 0 Å². The monoisotopic (exact) mass is 945 g/mol. The molecule has 0 amide bonds. The zero-order valence-corrected chi connectivity index (χ0v) is 40.0. The second-order valence-corrected chi connectivity index (χ2v) is 18.5. The average molecular weight is 946 g/mol. The molecule has 0 aliphatic rings. The van der Waals surface area contributed by atoms with E-state index >= 15 is 0 Å². The summed E-state index contributed by atoms with van der Waals surface area (Å²) in [5.74, 6) is 2.54. The van der Waals surface area contributed by atoms with Crippen LogP contribution >= 0.6 is 0 Å². The van der Waals surface area contributed by atoms with Crippen LogP contribution in [-0.4, -0.2) is 34.1 Å². The maximum Gasteiger partial charge on any atom is 0.164 e. The smallest absolute Gasteiger partial charge is 0.164 e. The fraction of sp³-hybridized carbons (Fsp3) is 0. The topological polar surface area (TPSA) is 74.3 Å². The van der Waals surface area contributed by atoms with Gasteiger partial charge in [0.05, 0.1) is 33.5 Å². The van der Waals surface area contributed by atoms with E-state index in [1.165, 1.54) is 5.39 Å². The van der Waals surface area contributed by atoms with Crippen LogP contribution in [0.15, 0.2) is 261 Å². The van der Waals surface area contributed by atoms with E-state index in [0.717, 1.165) is 105 Å². The van der Waals surface area contributed by atoms with Crippen LogP contribution in [0, 0.1) is 0 Å². The van der Waals surface area contributed by atoms with Gasteiger partial charge in [-0.2, -0.15) is 0 Å². The Hall–Kier alpha value is -10.1. The third kappa shape index (κ3) is 7.50. The van der Waals surface area contributed by atoms with Gasteiger partial charge in [0.15, 0.2) is 23.3 Å². The van der Waals surface area contributed by atoms with Crippen LogP contribution in [0.4, 0.5) is 0 Å². The van der Waals surface area contributed by atoms with Crippen LogP contribution in [0.2, 0.25) is 0 Å². The first kappa shape index (κ1) is 42.7. The first-order chi connectivity index (χ1) is 36.7. The lowest BCUT2D eigenvalue weighted by atomic mass is 9.99. The maximum absolute atomic E-state index is 5.22. The summed E-state index contributed by atoms with van der Waals surface area (Å²) in [5.41, 5.74) is 16.3. The van der Waals surface area contributed by atoms with Crippen molar-refractivity contribution in [3.63, 3.8) is 0 Å². The minimum atomic E-state index is 0.617. The molecule has 0 aliphatic carbocycles. The van der Waals surface area contributed by atoms with Crippen molar-refractivity contribution in [3.05, 3.63) is 261 Å². The molecule has 14 rings (SSSR count). The number of hydrogen-bond acceptors (Lipinski definition) is 5. The third-order valence-electron chi connectivity index (χ3n) is 14.0. The predicted octanol–water partition coefficient (Wildman–Crippen LogP) is 16.5. The van der Waals surface area contributed by atoms with Crippen LogP contribution in [0.5, 0.6) is 0 Å². The van der Waals surface area contributed by atoms with Crippen molar-refractivity contribution in [2.75, 3.05) is 0 Å². The molecule has 0 unspecified atom stereocenters. The van der Waals surface area contributed by atoms with E-state index in [1.54, 1.807) is 0 Å². The molecule has 74 heavy (non-hydrogen) atoms. The highest BCUT2D eigenvalue weighted by molar-refractivity contribution is 6.17. The van der Waals surface area contributed by atoms with Crippen molar-refractivity contribution in [2.24, 2.45) is 0 Å². The van der Waals surface area contributed by atoms with Gasteiger partial charge in [-0.05, 0) is 77.9 Å². The van der Waals surface area contributed by atoms with Gasteiger partial charge >= 0.3 is 0 Å². The van der Waals surface area contributed by atoms with Crippen molar-refractivity contribution in [1.29, 1.82) is 0 Å². The van der Waals surface area contributed by atoms with Gasteiger partial charge in [0.2, 0.25) is 0 Å². The highest BCUT2D eigenvalue weighted by atomic mass is 15.0. The van der Waals surface area contributed by atoms with E-state index in [-0.39, 0.29) is 0 Å². The average Bonchev–Trinajstić information content (AvgIpc) is 4.03. The van der Waals surface area contributed by atoms with Gasteiger partial charge in [-0.3, -0.25) is 0 Å². The van der Waals surface area contributed by atoms with Gasteiger partial charge in [-0.1, -0.05) is 194 Å². The first-order valence-corrected chi connectivity index (χ1v) is 24.8. The summed E-state index contributed by atoms with van der Waals surface area (Å²) >= 11 is 0. The highest BCUT2D eigenvalue weighted by Crippen LogP contribution is 2.42. The zero-order chi connectivity index (χ0) is 49.0. The number of fused-ring (bicyclic) bond motifs is 6. The van der Waals surface area contributed by atoms with Crippen LogP contribution in [-0.2, 0) is 0 Å². The molecule has 0 radical (unpaired) electrons. The maximum atomic E-state index is 5.22. The molecule has 0 atom stereocenters. The SMILES string of the molecule is c1ccc(-c2cc(-c3ccccc3)nc(-c3cccc(-n4c5ccccc5c5cc(-c6ccc7c(c6)c6c(-c8nc(-c9ccccc9)nc(-c9ccccc9)n8)cccc6n7-c6ccccc6)ccc54)c3)n2)cc1. The molecule has 346 valence electrons. The van der Waals surface area contributed by atoms with Crippen molar-refractivity contribution in [2.45, 2.75) is 0 Å². The summed E-state index contributed by atoms with van der Waals surface area (Å²) in [4.78, 5) is 25.8. The molecule has 0 aliphatic heterocycles. The minimum Gasteiger partial charge on any atom is -0.309 e. The van der Waals surface area contributed by atoms with Gasteiger partial charge in [0, 0.05) is 66.3 Å². The Morgan fingerprint density at radius 2 is 0.662 bits per heavy atom. The fourth-order valence-corrected chi connectivity index (χ4v) is 10.5. The van der Waals surface area contributed by atoms with Gasteiger partial charge < -0.3 is 9.13 Å². The Balaban J connectivity index is 0.927. The van der Waals surface area contributed by atoms with E-state index in [0.29, 0.717) is 23.3 Å². The van der Waals surface area contributed by atoms with Crippen LogP contribution in [0.25, 0.3) is 134 Å². The van der Waals surface area contributed by atoms with Crippen molar-refractivity contribution in [3.8, 4) is 90.6 Å². The lowest BCUT2D eigenvalue weighted by molar-refractivity contribution is 1.08. The Bertz CT molecular complexity index is 4280. The highest BCUT2D eigenvalue weighted by Gasteiger charge is 2.22. The first-order valence-electron chi connectivity index (χ1n) is 24.8. The number of benzene rings is 10. The minimum absolute atomic E-state index is 0.617. The van der Waals surface area contributed by atoms with Crippen molar-refractivity contribution < 1.29 is 0 Å². The summed E-state index contributed by atoms with van der Waals surface area (Å²) in [6.07, 6.45) is 0. The Morgan fingerprint density at radius 1 is 0.230 bits per heavy atom. The quantitative estimate of drug-likeness (QED) is 0.144. The largest absolute Gasteiger partial charge is 0.309 e. The van der Waals surface area contributed by atoms with Crippen LogP contribution < -0.4 is 0 Å². The van der Waals surface area contributed by atoms with Crippen LogP contribution in [0.3, 0.4) is 0 Å². The standard InChI is InChI=1S/C67H43N7/c1-6-20-44(21-7-1)57-43-58(45-22-8-2-9-23-45)69-66(68-57)50-28-18-31-52(40-50)74-59-34-17-16-32-53(59)55-41-48(36-38-60(55)74)49-37-39-61-56(42-49)63-54(33-19-35-62(63)73(61)51-29-14-5-15-30-51)67-71-64(46-24-10-3-11-25-46)70-65(72-67)47-26-12-4-13-27-47/h1-43H. The molecule has 4 aromatic heterocycles. The van der Waals surface area contributed by atoms with E-state index < -0.39 is 0 Å². The summed E-state index contributed by atoms with van der Waals surface area (Å²) in [5, 5.41) is 4.51. The molecular weight excluding hydrogens is 903 g/mol. The summed E-state index contributed by atoms with van der Waals surface area (Å²) in [6.45, 7) is 0.